The molecule has 6 heteroatoms. The molecule has 0 radical (unpaired) electrons. The molecule has 0 spiro atoms. The minimum absolute atomic E-state index is 0.0611. The molecule has 1 amide bonds. The quantitative estimate of drug-likeness (QED) is 0.483. The number of piperidine rings is 1. The summed E-state index contributed by atoms with van der Waals surface area (Å²) in [5, 5.41) is 0.836. The minimum Gasteiger partial charge on any atom is -0.354 e. The maximum atomic E-state index is 12.2. The number of thioether (sulfide) groups is 1. The molecule has 1 fully saturated rings. The van der Waals surface area contributed by atoms with E-state index in [2.05, 4.69) is 24.8 Å². The monoisotopic (exact) mass is 412 g/mol. The van der Waals surface area contributed by atoms with Crippen molar-refractivity contribution < 1.29 is 4.79 Å². The van der Waals surface area contributed by atoms with Gasteiger partial charge in [0.15, 0.2) is 5.16 Å². The van der Waals surface area contributed by atoms with Crippen molar-refractivity contribution in [1.82, 2.24) is 14.9 Å². The Kier molecular flexibility index (Phi) is 7.53. The normalized spacial score (nSPS) is 16.7. The predicted octanol–water partition coefficient (Wildman–Crippen LogP) is 4.80. The van der Waals surface area contributed by atoms with E-state index < -0.39 is 0 Å². The van der Waals surface area contributed by atoms with Crippen LogP contribution in [0.2, 0.25) is 0 Å². The van der Waals surface area contributed by atoms with Crippen LogP contribution in [0, 0.1) is 0 Å². The first-order valence-corrected chi connectivity index (χ1v) is 11.6. The van der Waals surface area contributed by atoms with Crippen molar-refractivity contribution in [2.45, 2.75) is 63.4 Å². The predicted molar refractivity (Wildman–Crippen MR) is 121 cm³/mol. The number of carbonyl (C=O) groups is 1. The fourth-order valence-electron chi connectivity index (χ4n) is 3.55. The summed E-state index contributed by atoms with van der Waals surface area (Å²) in [6.07, 6.45) is 4.67. The average Bonchev–Trinajstić information content (AvgIpc) is 2.77. The van der Waals surface area contributed by atoms with E-state index in [0.717, 1.165) is 41.0 Å². The molecule has 0 saturated carbocycles. The highest BCUT2D eigenvalue weighted by atomic mass is 32.2. The fraction of sp³-hybridized carbons (Fsp3) is 0.522. The minimum atomic E-state index is 0.0611. The van der Waals surface area contributed by atoms with Gasteiger partial charge in [-0.25, -0.2) is 9.97 Å². The second-order valence-electron chi connectivity index (χ2n) is 7.70. The van der Waals surface area contributed by atoms with Gasteiger partial charge in [-0.1, -0.05) is 30.8 Å². The molecule has 1 saturated heterocycles. The highest BCUT2D eigenvalue weighted by molar-refractivity contribution is 7.98. The van der Waals surface area contributed by atoms with Crippen molar-refractivity contribution >= 4 is 23.5 Å². The second kappa shape index (κ2) is 10.1. The zero-order valence-corrected chi connectivity index (χ0v) is 18.8. The number of anilines is 1. The van der Waals surface area contributed by atoms with Crippen molar-refractivity contribution in [1.29, 1.82) is 0 Å². The highest BCUT2D eigenvalue weighted by Crippen LogP contribution is 2.27. The average molecular weight is 413 g/mol. The first kappa shape index (κ1) is 21.6. The standard InChI is InChI=1S/C23H32N4OS/c1-5-20-15-21(27-14-8-7-9-17(27)3)25-23(24-20)29-16-18-10-12-19(13-11-18)22(28)26(4)6-2/h10-13,15,17H,5-9,14,16H2,1-4H3/t17-/m0/s1. The lowest BCUT2D eigenvalue weighted by atomic mass is 10.0. The second-order valence-corrected chi connectivity index (χ2v) is 8.64. The molecule has 156 valence electrons. The molecule has 0 unspecified atom stereocenters. The molecule has 29 heavy (non-hydrogen) atoms. The van der Waals surface area contributed by atoms with E-state index in [4.69, 9.17) is 9.97 Å². The lowest BCUT2D eigenvalue weighted by Crippen LogP contribution is -2.38. The zero-order valence-electron chi connectivity index (χ0n) is 18.0. The number of nitrogens with zero attached hydrogens (tertiary/aromatic N) is 4. The first-order chi connectivity index (χ1) is 14.0. The van der Waals surface area contributed by atoms with Crippen molar-refractivity contribution in [2.75, 3.05) is 25.0 Å². The largest absolute Gasteiger partial charge is 0.354 e. The van der Waals surface area contributed by atoms with Gasteiger partial charge in [0.05, 0.1) is 0 Å². The van der Waals surface area contributed by atoms with Crippen molar-refractivity contribution in [3.8, 4) is 0 Å². The third kappa shape index (κ3) is 5.50. The summed E-state index contributed by atoms with van der Waals surface area (Å²) < 4.78 is 0. The van der Waals surface area contributed by atoms with Crippen molar-refractivity contribution in [3.05, 3.63) is 47.2 Å². The van der Waals surface area contributed by atoms with E-state index in [1.165, 1.54) is 24.8 Å². The SMILES string of the molecule is CCc1cc(N2CCCC[C@@H]2C)nc(SCc2ccc(C(=O)N(C)CC)cc2)n1. The Hall–Kier alpha value is -2.08. The van der Waals surface area contributed by atoms with E-state index in [9.17, 15) is 4.79 Å². The van der Waals surface area contributed by atoms with Crippen LogP contribution >= 0.6 is 11.8 Å². The van der Waals surface area contributed by atoms with E-state index in [-0.39, 0.29) is 5.91 Å². The summed E-state index contributed by atoms with van der Waals surface area (Å²) in [5.74, 6) is 1.92. The summed E-state index contributed by atoms with van der Waals surface area (Å²) in [7, 11) is 1.82. The number of hydrogen-bond donors (Lipinski definition) is 0. The van der Waals surface area contributed by atoms with Gasteiger partial charge < -0.3 is 9.80 Å². The number of rotatable bonds is 7. The van der Waals surface area contributed by atoms with Gasteiger partial charge >= 0.3 is 0 Å². The molecule has 1 atom stereocenters. The Morgan fingerprint density at radius 2 is 1.97 bits per heavy atom. The number of carbonyl (C=O) groups excluding carboxylic acids is 1. The van der Waals surface area contributed by atoms with E-state index >= 15 is 0 Å². The number of amides is 1. The Morgan fingerprint density at radius 3 is 2.62 bits per heavy atom. The molecule has 0 bridgehead atoms. The van der Waals surface area contributed by atoms with Gasteiger partial charge in [-0.05, 0) is 57.2 Å². The van der Waals surface area contributed by atoms with Crippen LogP contribution < -0.4 is 4.90 Å². The lowest BCUT2D eigenvalue weighted by Gasteiger charge is -2.34. The fourth-order valence-corrected chi connectivity index (χ4v) is 4.37. The summed E-state index contributed by atoms with van der Waals surface area (Å²) in [6.45, 7) is 8.20. The van der Waals surface area contributed by atoms with E-state index in [0.29, 0.717) is 12.6 Å². The maximum Gasteiger partial charge on any atom is 0.253 e. The van der Waals surface area contributed by atoms with Crippen molar-refractivity contribution in [2.24, 2.45) is 0 Å². The van der Waals surface area contributed by atoms with Gasteiger partial charge in [-0.2, -0.15) is 0 Å². The molecular weight excluding hydrogens is 380 g/mol. The summed E-state index contributed by atoms with van der Waals surface area (Å²) >= 11 is 1.66. The van der Waals surface area contributed by atoms with E-state index in [1.54, 1.807) is 16.7 Å². The molecule has 2 heterocycles. The van der Waals surface area contributed by atoms with Gasteiger partial charge in [0, 0.05) is 49.3 Å². The zero-order chi connectivity index (χ0) is 20.8. The van der Waals surface area contributed by atoms with Crippen LogP contribution in [-0.4, -0.2) is 47.0 Å². The van der Waals surface area contributed by atoms with Gasteiger partial charge in [0.25, 0.3) is 5.91 Å². The van der Waals surface area contributed by atoms with Crippen LogP contribution in [0.3, 0.4) is 0 Å². The van der Waals surface area contributed by atoms with E-state index in [1.807, 2.05) is 38.2 Å². The third-order valence-electron chi connectivity index (χ3n) is 5.59. The Balaban J connectivity index is 1.70. The Bertz CT molecular complexity index is 824. The van der Waals surface area contributed by atoms with Crippen LogP contribution in [0.1, 0.15) is 61.6 Å². The highest BCUT2D eigenvalue weighted by Gasteiger charge is 2.21. The van der Waals surface area contributed by atoms with Crippen LogP contribution in [0.25, 0.3) is 0 Å². The molecule has 1 aromatic carbocycles. The number of hydrogen-bond acceptors (Lipinski definition) is 5. The molecule has 2 aromatic rings. The molecular formula is C23H32N4OS. The molecule has 1 aliphatic rings. The molecule has 1 aliphatic heterocycles. The molecule has 5 nitrogen and oxygen atoms in total. The summed E-state index contributed by atoms with van der Waals surface area (Å²) in [6, 6.07) is 10.6. The van der Waals surface area contributed by atoms with Crippen LogP contribution in [0.5, 0.6) is 0 Å². The van der Waals surface area contributed by atoms with Gasteiger partial charge in [0.2, 0.25) is 0 Å². The van der Waals surface area contributed by atoms with Gasteiger partial charge in [0.1, 0.15) is 5.82 Å². The van der Waals surface area contributed by atoms with Crippen molar-refractivity contribution in [3.63, 3.8) is 0 Å². The first-order valence-electron chi connectivity index (χ1n) is 10.6. The Labute approximate surface area is 178 Å². The van der Waals surface area contributed by atoms with Crippen LogP contribution in [0.4, 0.5) is 5.82 Å². The summed E-state index contributed by atoms with van der Waals surface area (Å²) in [5.41, 5.74) is 3.00. The number of aryl methyl sites for hydroxylation is 1. The smallest absolute Gasteiger partial charge is 0.253 e. The molecule has 3 rings (SSSR count). The van der Waals surface area contributed by atoms with Gasteiger partial charge in [-0.15, -0.1) is 0 Å². The van der Waals surface area contributed by atoms with Gasteiger partial charge in [-0.3, -0.25) is 4.79 Å². The number of aromatic nitrogens is 2. The third-order valence-corrected chi connectivity index (χ3v) is 6.51. The maximum absolute atomic E-state index is 12.2. The summed E-state index contributed by atoms with van der Waals surface area (Å²) in [4.78, 5) is 26.0. The molecule has 0 N–H and O–H groups in total. The Morgan fingerprint density at radius 1 is 1.21 bits per heavy atom. The number of benzene rings is 1. The molecule has 1 aromatic heterocycles. The topological polar surface area (TPSA) is 49.3 Å². The van der Waals surface area contributed by atoms with Crippen LogP contribution in [-0.2, 0) is 12.2 Å². The molecule has 0 aliphatic carbocycles. The van der Waals surface area contributed by atoms with Crippen LogP contribution in [0.15, 0.2) is 35.5 Å². The lowest BCUT2D eigenvalue weighted by molar-refractivity contribution is 0.0802.